The minimum absolute atomic E-state index is 0.309. The summed E-state index contributed by atoms with van der Waals surface area (Å²) < 4.78 is 11.1. The number of amides is 1. The number of furan rings is 1. The first-order chi connectivity index (χ1) is 9.19. The third-order valence-corrected chi connectivity index (χ3v) is 2.86. The lowest BCUT2D eigenvalue weighted by atomic mass is 10.2. The maximum atomic E-state index is 11.8. The van der Waals surface area contributed by atoms with Gasteiger partial charge in [-0.15, -0.1) is 0 Å². The lowest BCUT2D eigenvalue weighted by Gasteiger charge is -2.02. The first-order valence-corrected chi connectivity index (χ1v) is 6.50. The number of ether oxygens (including phenoxy) is 1. The van der Waals surface area contributed by atoms with Gasteiger partial charge in [-0.25, -0.2) is 5.43 Å². The van der Waals surface area contributed by atoms with E-state index in [9.17, 15) is 4.79 Å². The van der Waals surface area contributed by atoms with Crippen molar-refractivity contribution in [3.63, 3.8) is 0 Å². The number of hydrogen-bond donors (Lipinski definition) is 1. The minimum Gasteiger partial charge on any atom is -0.497 e. The number of halogens is 1. The Hall–Kier alpha value is -1.83. The first-order valence-electron chi connectivity index (χ1n) is 5.42. The summed E-state index contributed by atoms with van der Waals surface area (Å²) in [4.78, 5) is 11.8. The zero-order chi connectivity index (χ0) is 13.7. The molecule has 0 fully saturated rings. The van der Waals surface area contributed by atoms with Crippen molar-refractivity contribution in [1.29, 1.82) is 0 Å². The zero-order valence-corrected chi connectivity index (χ0v) is 12.2. The molecule has 1 N–H and O–H groups in total. The second-order valence-electron chi connectivity index (χ2n) is 3.57. The topological polar surface area (TPSA) is 63.8 Å². The molecule has 0 bridgehead atoms. The van der Waals surface area contributed by atoms with Crippen LogP contribution in [0.2, 0.25) is 0 Å². The van der Waals surface area contributed by atoms with E-state index in [0.29, 0.717) is 17.1 Å². The van der Waals surface area contributed by atoms with Crippen molar-refractivity contribution in [2.45, 2.75) is 0 Å². The first kappa shape index (κ1) is 13.6. The lowest BCUT2D eigenvalue weighted by molar-refractivity contribution is 0.0955. The largest absolute Gasteiger partial charge is 0.497 e. The molecule has 5 nitrogen and oxygen atoms in total. The number of nitrogens with one attached hydrogen (secondary N) is 1. The van der Waals surface area contributed by atoms with Crippen LogP contribution in [0.1, 0.15) is 16.1 Å². The van der Waals surface area contributed by atoms with Crippen LogP contribution in [0.5, 0.6) is 5.75 Å². The van der Waals surface area contributed by atoms with Crippen LogP contribution in [0, 0.1) is 3.77 Å². The highest BCUT2D eigenvalue weighted by molar-refractivity contribution is 14.1. The smallest absolute Gasteiger partial charge is 0.271 e. The monoisotopic (exact) mass is 370 g/mol. The van der Waals surface area contributed by atoms with Crippen LogP contribution in [0.3, 0.4) is 0 Å². The van der Waals surface area contributed by atoms with E-state index < -0.39 is 0 Å². The second kappa shape index (κ2) is 6.37. The Labute approximate surface area is 123 Å². The predicted octanol–water partition coefficient (Wildman–Crippen LogP) is 2.66. The van der Waals surface area contributed by atoms with Crippen molar-refractivity contribution in [2.75, 3.05) is 7.11 Å². The van der Waals surface area contributed by atoms with Gasteiger partial charge in [-0.1, -0.05) is 6.07 Å². The van der Waals surface area contributed by atoms with E-state index in [1.807, 2.05) is 6.07 Å². The molecule has 0 radical (unpaired) electrons. The van der Waals surface area contributed by atoms with Crippen molar-refractivity contribution in [2.24, 2.45) is 5.10 Å². The third-order valence-electron chi connectivity index (χ3n) is 2.28. The molecule has 0 aliphatic rings. The molecule has 0 atom stereocenters. The van der Waals surface area contributed by atoms with E-state index in [1.165, 1.54) is 6.21 Å². The molecular formula is C13H11IN2O3. The van der Waals surface area contributed by atoms with Gasteiger partial charge >= 0.3 is 0 Å². The normalized spacial score (nSPS) is 10.6. The van der Waals surface area contributed by atoms with Crippen molar-refractivity contribution in [1.82, 2.24) is 5.43 Å². The van der Waals surface area contributed by atoms with Gasteiger partial charge < -0.3 is 9.15 Å². The molecule has 2 rings (SSSR count). The van der Waals surface area contributed by atoms with Gasteiger partial charge in [0.25, 0.3) is 5.91 Å². The molecule has 1 heterocycles. The fraction of sp³-hybridized carbons (Fsp3) is 0.0769. The van der Waals surface area contributed by atoms with Crippen LogP contribution in [0.4, 0.5) is 0 Å². The second-order valence-corrected chi connectivity index (χ2v) is 4.64. The number of nitrogens with zero attached hydrogens (tertiary/aromatic N) is 1. The van der Waals surface area contributed by atoms with Gasteiger partial charge in [0.15, 0.2) is 3.77 Å². The molecule has 0 spiro atoms. The van der Waals surface area contributed by atoms with Crippen LogP contribution >= 0.6 is 22.6 Å². The molecule has 19 heavy (non-hydrogen) atoms. The summed E-state index contributed by atoms with van der Waals surface area (Å²) in [6, 6.07) is 10.4. The summed E-state index contributed by atoms with van der Waals surface area (Å²) >= 11 is 2.05. The van der Waals surface area contributed by atoms with Crippen LogP contribution in [0.25, 0.3) is 0 Å². The maximum Gasteiger partial charge on any atom is 0.271 e. The molecule has 1 aromatic carbocycles. The number of benzene rings is 1. The van der Waals surface area contributed by atoms with Crippen LogP contribution < -0.4 is 10.2 Å². The highest BCUT2D eigenvalue weighted by Gasteiger charge is 2.05. The molecule has 2 aromatic rings. The Bertz CT molecular complexity index is 607. The Morgan fingerprint density at radius 3 is 2.95 bits per heavy atom. The average Bonchev–Trinajstić information content (AvgIpc) is 2.84. The van der Waals surface area contributed by atoms with Crippen LogP contribution in [-0.2, 0) is 0 Å². The van der Waals surface area contributed by atoms with E-state index in [4.69, 9.17) is 9.15 Å². The molecule has 1 amide bonds. The minimum atomic E-state index is -0.309. The zero-order valence-electron chi connectivity index (χ0n) is 10.1. The third kappa shape index (κ3) is 3.82. The molecule has 0 aliphatic carbocycles. The maximum absolute atomic E-state index is 11.8. The Morgan fingerprint density at radius 1 is 1.42 bits per heavy atom. The molecule has 0 unspecified atom stereocenters. The van der Waals surface area contributed by atoms with Gasteiger partial charge in [0.1, 0.15) is 11.5 Å². The van der Waals surface area contributed by atoms with E-state index in [0.717, 1.165) is 3.77 Å². The van der Waals surface area contributed by atoms with Gasteiger partial charge in [0.05, 0.1) is 13.3 Å². The quantitative estimate of drug-likeness (QED) is 0.511. The fourth-order valence-corrected chi connectivity index (χ4v) is 1.82. The summed E-state index contributed by atoms with van der Waals surface area (Å²) in [5.41, 5.74) is 2.90. The Morgan fingerprint density at radius 2 is 2.26 bits per heavy atom. The van der Waals surface area contributed by atoms with Crippen molar-refractivity contribution >= 4 is 34.7 Å². The average molecular weight is 370 g/mol. The summed E-state index contributed by atoms with van der Waals surface area (Å²) in [7, 11) is 1.55. The lowest BCUT2D eigenvalue weighted by Crippen LogP contribution is -2.17. The van der Waals surface area contributed by atoms with Gasteiger partial charge in [-0.2, -0.15) is 5.10 Å². The molecule has 1 aromatic heterocycles. The van der Waals surface area contributed by atoms with Gasteiger partial charge in [-0.05, 0) is 52.9 Å². The highest BCUT2D eigenvalue weighted by atomic mass is 127. The van der Waals surface area contributed by atoms with Crippen LogP contribution in [-0.4, -0.2) is 19.2 Å². The SMILES string of the molecule is COc1cccc(C(=O)N/N=C/c2ccc(I)o2)c1. The van der Waals surface area contributed by atoms with E-state index >= 15 is 0 Å². The Balaban J connectivity index is 1.99. The molecule has 0 saturated heterocycles. The number of carbonyl (C=O) groups is 1. The molecule has 0 saturated carbocycles. The highest BCUT2D eigenvalue weighted by Crippen LogP contribution is 2.12. The van der Waals surface area contributed by atoms with E-state index in [-0.39, 0.29) is 5.91 Å². The number of rotatable bonds is 4. The van der Waals surface area contributed by atoms with Crippen molar-refractivity contribution in [3.05, 3.63) is 51.5 Å². The summed E-state index contributed by atoms with van der Waals surface area (Å²) in [5.74, 6) is 0.893. The van der Waals surface area contributed by atoms with Crippen molar-refractivity contribution in [3.8, 4) is 5.75 Å². The molecule has 0 aliphatic heterocycles. The standard InChI is InChI=1S/C13H11IN2O3/c1-18-10-4-2-3-9(7-10)13(17)16-15-8-11-5-6-12(14)19-11/h2-8H,1H3,(H,16,17)/b15-8+. The van der Waals surface area contributed by atoms with Gasteiger partial charge in [-0.3, -0.25) is 4.79 Å². The fourth-order valence-electron chi connectivity index (χ4n) is 1.38. The van der Waals surface area contributed by atoms with E-state index in [1.54, 1.807) is 37.4 Å². The summed E-state index contributed by atoms with van der Waals surface area (Å²) in [5, 5.41) is 3.82. The molecular weight excluding hydrogens is 359 g/mol. The molecule has 6 heteroatoms. The van der Waals surface area contributed by atoms with Gasteiger partial charge in [0.2, 0.25) is 0 Å². The summed E-state index contributed by atoms with van der Waals surface area (Å²) in [6.07, 6.45) is 1.44. The predicted molar refractivity (Wildman–Crippen MR) is 79.5 cm³/mol. The number of methoxy groups -OCH3 is 1. The van der Waals surface area contributed by atoms with E-state index in [2.05, 4.69) is 33.1 Å². The Kier molecular flexibility index (Phi) is 4.56. The number of carbonyl (C=O) groups excluding carboxylic acids is 1. The summed E-state index contributed by atoms with van der Waals surface area (Å²) in [6.45, 7) is 0. The number of hydrogen-bond acceptors (Lipinski definition) is 4. The molecule has 98 valence electrons. The van der Waals surface area contributed by atoms with Crippen LogP contribution in [0.15, 0.2) is 45.9 Å². The van der Waals surface area contributed by atoms with Crippen molar-refractivity contribution < 1.29 is 13.9 Å². The number of hydrazone groups is 1. The van der Waals surface area contributed by atoms with Gasteiger partial charge in [0, 0.05) is 5.56 Å².